The summed E-state index contributed by atoms with van der Waals surface area (Å²) in [6, 6.07) is 10.9. The molecule has 1 amide bonds. The lowest BCUT2D eigenvalue weighted by Gasteiger charge is -2.10. The molecule has 0 spiro atoms. The van der Waals surface area contributed by atoms with Gasteiger partial charge in [0.05, 0.1) is 0 Å². The first kappa shape index (κ1) is 17.8. The van der Waals surface area contributed by atoms with Crippen molar-refractivity contribution in [2.45, 2.75) is 12.9 Å². The van der Waals surface area contributed by atoms with Crippen molar-refractivity contribution in [2.75, 3.05) is 0 Å². The minimum atomic E-state index is -4.83. The van der Waals surface area contributed by atoms with E-state index in [0.717, 1.165) is 12.1 Å². The second-order valence-electron chi connectivity index (χ2n) is 4.87. The summed E-state index contributed by atoms with van der Waals surface area (Å²) < 4.78 is 40.3. The lowest BCUT2D eigenvalue weighted by Crippen LogP contribution is -2.30. The second kappa shape index (κ2) is 7.37. The third-order valence-electron chi connectivity index (χ3n) is 3.06. The van der Waals surface area contributed by atoms with Crippen LogP contribution in [0.15, 0.2) is 48.5 Å². The van der Waals surface area contributed by atoms with E-state index in [1.165, 1.54) is 24.3 Å². The molecule has 0 saturated carbocycles. The maximum absolute atomic E-state index is 12.2. The predicted octanol–water partition coefficient (Wildman–Crippen LogP) is 1.19. The van der Waals surface area contributed by atoms with Crippen LogP contribution in [0.5, 0.6) is 5.75 Å². The molecule has 2 rings (SSSR count). The van der Waals surface area contributed by atoms with Crippen LogP contribution < -0.4 is 15.5 Å². The van der Waals surface area contributed by atoms with Crippen molar-refractivity contribution >= 4 is 18.5 Å². The number of hydrogen-bond donors (Lipinski definition) is 3. The molecule has 2 aromatic rings. The molecule has 2 aromatic carbocycles. The highest BCUT2D eigenvalue weighted by molar-refractivity contribution is 6.58. The number of halogens is 3. The van der Waals surface area contributed by atoms with E-state index in [-0.39, 0.29) is 12.1 Å². The summed E-state index contributed by atoms with van der Waals surface area (Å²) >= 11 is 0. The van der Waals surface area contributed by atoms with Gasteiger partial charge in [0.1, 0.15) is 5.75 Å². The first-order chi connectivity index (χ1) is 11.2. The van der Waals surface area contributed by atoms with E-state index >= 15 is 0 Å². The van der Waals surface area contributed by atoms with Crippen LogP contribution in [0.1, 0.15) is 15.9 Å². The summed E-state index contributed by atoms with van der Waals surface area (Å²) in [6.07, 6.45) is -4.83. The molecule has 5 nitrogen and oxygen atoms in total. The lowest BCUT2D eigenvalue weighted by molar-refractivity contribution is -0.274. The number of nitrogens with one attached hydrogen (secondary N) is 1. The normalized spacial score (nSPS) is 11.0. The van der Waals surface area contributed by atoms with Crippen LogP contribution in [0.3, 0.4) is 0 Å². The van der Waals surface area contributed by atoms with Crippen molar-refractivity contribution in [3.8, 4) is 5.75 Å². The minimum absolute atomic E-state index is 0.0270. The molecule has 0 aromatic heterocycles. The number of rotatable bonds is 5. The first-order valence-corrected chi connectivity index (χ1v) is 6.83. The van der Waals surface area contributed by atoms with Crippen molar-refractivity contribution in [1.29, 1.82) is 0 Å². The van der Waals surface area contributed by atoms with Crippen LogP contribution in [0.25, 0.3) is 0 Å². The summed E-state index contributed by atoms with van der Waals surface area (Å²) in [4.78, 5) is 12.0. The van der Waals surface area contributed by atoms with Gasteiger partial charge in [-0.3, -0.25) is 4.79 Å². The predicted molar refractivity (Wildman–Crippen MR) is 80.6 cm³/mol. The molecular formula is C15H13BF3NO4. The Morgan fingerprint density at radius 1 is 1.12 bits per heavy atom. The topological polar surface area (TPSA) is 78.8 Å². The average molecular weight is 339 g/mol. The number of benzene rings is 2. The van der Waals surface area contributed by atoms with E-state index in [2.05, 4.69) is 10.1 Å². The number of amides is 1. The third-order valence-corrected chi connectivity index (χ3v) is 3.06. The van der Waals surface area contributed by atoms with Crippen LogP contribution in [-0.2, 0) is 6.54 Å². The Labute approximate surface area is 135 Å². The molecule has 0 radical (unpaired) electrons. The summed E-state index contributed by atoms with van der Waals surface area (Å²) in [5, 5.41) is 20.5. The highest BCUT2D eigenvalue weighted by atomic mass is 19.4. The minimum Gasteiger partial charge on any atom is -0.423 e. The Kier molecular flexibility index (Phi) is 5.48. The SMILES string of the molecule is O=C(NCc1ccc(B(O)O)cc1)c1cccc(OC(F)(F)F)c1. The molecular weight excluding hydrogens is 326 g/mol. The molecule has 0 aliphatic rings. The number of hydrogen-bond acceptors (Lipinski definition) is 4. The quantitative estimate of drug-likeness (QED) is 0.716. The zero-order chi connectivity index (χ0) is 17.7. The zero-order valence-corrected chi connectivity index (χ0v) is 12.2. The van der Waals surface area contributed by atoms with Crippen LogP contribution >= 0.6 is 0 Å². The van der Waals surface area contributed by atoms with Gasteiger partial charge < -0.3 is 20.1 Å². The molecule has 0 saturated heterocycles. The highest BCUT2D eigenvalue weighted by Gasteiger charge is 2.31. The Bertz CT molecular complexity index is 705. The number of carbonyl (C=O) groups excluding carboxylic acids is 1. The Morgan fingerprint density at radius 3 is 2.38 bits per heavy atom. The lowest BCUT2D eigenvalue weighted by atomic mass is 9.80. The number of alkyl halides is 3. The van der Waals surface area contributed by atoms with Crippen molar-refractivity contribution < 1.29 is 32.8 Å². The standard InChI is InChI=1S/C15H13BF3NO4/c17-15(18,19)24-13-3-1-2-11(8-13)14(21)20-9-10-4-6-12(7-5-10)16(22)23/h1-8,22-23H,9H2,(H,20,21). The van der Waals surface area contributed by atoms with Crippen molar-refractivity contribution in [1.82, 2.24) is 5.32 Å². The van der Waals surface area contributed by atoms with Gasteiger partial charge in [-0.15, -0.1) is 13.2 Å². The second-order valence-corrected chi connectivity index (χ2v) is 4.87. The van der Waals surface area contributed by atoms with Crippen molar-refractivity contribution in [3.05, 3.63) is 59.7 Å². The van der Waals surface area contributed by atoms with Crippen molar-refractivity contribution in [2.24, 2.45) is 0 Å². The van der Waals surface area contributed by atoms with E-state index in [1.54, 1.807) is 12.1 Å². The fourth-order valence-corrected chi connectivity index (χ4v) is 1.93. The Hall–Kier alpha value is -2.52. The first-order valence-electron chi connectivity index (χ1n) is 6.83. The van der Waals surface area contributed by atoms with Gasteiger partial charge in [0.25, 0.3) is 5.91 Å². The number of ether oxygens (including phenoxy) is 1. The summed E-state index contributed by atoms with van der Waals surface area (Å²) in [7, 11) is -1.58. The Morgan fingerprint density at radius 2 is 1.79 bits per heavy atom. The van der Waals surface area contributed by atoms with Gasteiger partial charge >= 0.3 is 13.5 Å². The van der Waals surface area contributed by atoms with Crippen molar-refractivity contribution in [3.63, 3.8) is 0 Å². The van der Waals surface area contributed by atoms with Crippen LogP contribution in [0, 0.1) is 0 Å². The molecule has 0 fully saturated rings. The van der Waals surface area contributed by atoms with E-state index in [9.17, 15) is 18.0 Å². The van der Waals surface area contributed by atoms with Gasteiger partial charge in [0, 0.05) is 12.1 Å². The molecule has 0 aliphatic carbocycles. The molecule has 0 heterocycles. The van der Waals surface area contributed by atoms with Crippen LogP contribution in [-0.4, -0.2) is 29.4 Å². The maximum Gasteiger partial charge on any atom is 0.573 e. The molecule has 3 N–H and O–H groups in total. The van der Waals surface area contributed by atoms with Gasteiger partial charge in [-0.05, 0) is 29.2 Å². The van der Waals surface area contributed by atoms with Crippen LogP contribution in [0.2, 0.25) is 0 Å². The molecule has 9 heteroatoms. The average Bonchev–Trinajstić information content (AvgIpc) is 2.51. The largest absolute Gasteiger partial charge is 0.573 e. The van der Waals surface area contributed by atoms with Gasteiger partial charge in [0.15, 0.2) is 0 Å². The molecule has 0 aliphatic heterocycles. The molecule has 0 bridgehead atoms. The summed E-state index contributed by atoms with van der Waals surface area (Å²) in [5.41, 5.74) is 1.02. The zero-order valence-electron chi connectivity index (χ0n) is 12.2. The monoisotopic (exact) mass is 339 g/mol. The molecule has 126 valence electrons. The van der Waals surface area contributed by atoms with Crippen LogP contribution in [0.4, 0.5) is 13.2 Å². The smallest absolute Gasteiger partial charge is 0.423 e. The summed E-state index contributed by atoms with van der Waals surface area (Å²) in [5.74, 6) is -1.04. The van der Waals surface area contributed by atoms with E-state index in [1.807, 2.05) is 0 Å². The van der Waals surface area contributed by atoms with Gasteiger partial charge in [-0.1, -0.05) is 30.3 Å². The van der Waals surface area contributed by atoms with Gasteiger partial charge in [-0.25, -0.2) is 0 Å². The Balaban J connectivity index is 1.98. The van der Waals surface area contributed by atoms with Gasteiger partial charge in [-0.2, -0.15) is 0 Å². The van der Waals surface area contributed by atoms with E-state index < -0.39 is 25.1 Å². The third kappa shape index (κ3) is 5.29. The van der Waals surface area contributed by atoms with E-state index in [0.29, 0.717) is 11.0 Å². The molecule has 0 unspecified atom stereocenters. The van der Waals surface area contributed by atoms with E-state index in [4.69, 9.17) is 10.0 Å². The molecule has 24 heavy (non-hydrogen) atoms. The van der Waals surface area contributed by atoms with Gasteiger partial charge in [0.2, 0.25) is 0 Å². The fourth-order valence-electron chi connectivity index (χ4n) is 1.93. The fraction of sp³-hybridized carbons (Fsp3) is 0.133. The summed E-state index contributed by atoms with van der Waals surface area (Å²) in [6.45, 7) is 0.130. The molecule has 0 atom stereocenters. The highest BCUT2D eigenvalue weighted by Crippen LogP contribution is 2.23. The maximum atomic E-state index is 12.2. The number of carbonyl (C=O) groups is 1.